The fourth-order valence-corrected chi connectivity index (χ4v) is 2.33. The predicted octanol–water partition coefficient (Wildman–Crippen LogP) is 3.61. The molecule has 0 saturated carbocycles. The van der Waals surface area contributed by atoms with Crippen LogP contribution in [0.15, 0.2) is 46.9 Å². The summed E-state index contributed by atoms with van der Waals surface area (Å²) in [4.78, 5) is 14.1. The molecule has 0 radical (unpaired) electrons. The first-order chi connectivity index (χ1) is 9.47. The summed E-state index contributed by atoms with van der Waals surface area (Å²) < 4.78 is 1.03. The van der Waals surface area contributed by atoms with E-state index in [1.54, 1.807) is 24.1 Å². The molecule has 0 aliphatic carbocycles. The summed E-state index contributed by atoms with van der Waals surface area (Å²) in [5, 5.41) is 0. The van der Waals surface area contributed by atoms with E-state index in [1.165, 1.54) is 0 Å². The molecular weight excluding hydrogens is 316 g/mol. The highest BCUT2D eigenvalue weighted by Crippen LogP contribution is 2.16. The number of rotatable bonds is 3. The number of carbonyl (C=O) groups excluding carboxylic acids is 1. The van der Waals surface area contributed by atoms with Gasteiger partial charge in [0.25, 0.3) is 5.91 Å². The molecule has 0 saturated heterocycles. The van der Waals surface area contributed by atoms with Gasteiger partial charge < -0.3 is 10.6 Å². The standard InChI is InChI=1S/C16H17BrN2O/c1-11-9-14(18)7-8-15(11)16(20)19(2)10-12-3-5-13(17)6-4-12/h3-9H,10,18H2,1-2H3. The van der Waals surface area contributed by atoms with E-state index in [0.29, 0.717) is 17.8 Å². The van der Waals surface area contributed by atoms with Gasteiger partial charge in [0.15, 0.2) is 0 Å². The van der Waals surface area contributed by atoms with Gasteiger partial charge in [0.2, 0.25) is 0 Å². The maximum atomic E-state index is 12.4. The Morgan fingerprint density at radius 3 is 2.45 bits per heavy atom. The molecule has 0 aliphatic heterocycles. The van der Waals surface area contributed by atoms with Crippen molar-refractivity contribution in [2.75, 3.05) is 12.8 Å². The minimum absolute atomic E-state index is 0.00502. The fraction of sp³-hybridized carbons (Fsp3) is 0.188. The van der Waals surface area contributed by atoms with Crippen molar-refractivity contribution >= 4 is 27.5 Å². The minimum Gasteiger partial charge on any atom is -0.399 e. The second-order valence-corrected chi connectivity index (χ2v) is 5.78. The molecule has 0 spiro atoms. The number of halogens is 1. The first kappa shape index (κ1) is 14.6. The smallest absolute Gasteiger partial charge is 0.254 e. The lowest BCUT2D eigenvalue weighted by Crippen LogP contribution is -2.26. The molecule has 2 N–H and O–H groups in total. The van der Waals surface area contributed by atoms with Crippen molar-refractivity contribution in [1.29, 1.82) is 0 Å². The van der Waals surface area contributed by atoms with E-state index in [1.807, 2.05) is 37.3 Å². The largest absolute Gasteiger partial charge is 0.399 e. The highest BCUT2D eigenvalue weighted by molar-refractivity contribution is 9.10. The Balaban J connectivity index is 2.14. The number of hydrogen-bond donors (Lipinski definition) is 1. The second-order valence-electron chi connectivity index (χ2n) is 4.86. The molecular formula is C16H17BrN2O. The Labute approximate surface area is 127 Å². The topological polar surface area (TPSA) is 46.3 Å². The summed E-state index contributed by atoms with van der Waals surface area (Å²) in [6.45, 7) is 2.48. The molecule has 0 aromatic heterocycles. The van der Waals surface area contributed by atoms with Crippen LogP contribution in [0.2, 0.25) is 0 Å². The number of nitrogen functional groups attached to an aromatic ring is 1. The molecule has 2 aromatic carbocycles. The summed E-state index contributed by atoms with van der Waals surface area (Å²) in [5.74, 6) is 0.00502. The molecule has 2 rings (SSSR count). The number of benzene rings is 2. The van der Waals surface area contributed by atoms with Crippen LogP contribution in [-0.2, 0) is 6.54 Å². The van der Waals surface area contributed by atoms with Crippen LogP contribution in [-0.4, -0.2) is 17.9 Å². The lowest BCUT2D eigenvalue weighted by Gasteiger charge is -2.18. The van der Waals surface area contributed by atoms with Crippen LogP contribution in [0.4, 0.5) is 5.69 Å². The SMILES string of the molecule is Cc1cc(N)ccc1C(=O)N(C)Cc1ccc(Br)cc1. The van der Waals surface area contributed by atoms with Gasteiger partial charge in [-0.05, 0) is 48.4 Å². The van der Waals surface area contributed by atoms with E-state index < -0.39 is 0 Å². The molecule has 0 heterocycles. The average Bonchev–Trinajstić information content (AvgIpc) is 2.40. The lowest BCUT2D eigenvalue weighted by atomic mass is 10.1. The highest BCUT2D eigenvalue weighted by Gasteiger charge is 2.14. The Morgan fingerprint density at radius 1 is 1.20 bits per heavy atom. The van der Waals surface area contributed by atoms with Crippen LogP contribution in [0, 0.1) is 6.92 Å². The molecule has 0 bridgehead atoms. The fourth-order valence-electron chi connectivity index (χ4n) is 2.07. The van der Waals surface area contributed by atoms with Crippen LogP contribution in [0.3, 0.4) is 0 Å². The number of aryl methyl sites for hydroxylation is 1. The average molecular weight is 333 g/mol. The van der Waals surface area contributed by atoms with Gasteiger partial charge in [0.1, 0.15) is 0 Å². The molecule has 0 unspecified atom stereocenters. The number of hydrogen-bond acceptors (Lipinski definition) is 2. The first-order valence-electron chi connectivity index (χ1n) is 6.33. The Morgan fingerprint density at radius 2 is 1.85 bits per heavy atom. The third kappa shape index (κ3) is 3.39. The van der Waals surface area contributed by atoms with Gasteiger partial charge in [0, 0.05) is 29.3 Å². The van der Waals surface area contributed by atoms with Crippen LogP contribution in [0.5, 0.6) is 0 Å². The molecule has 2 aromatic rings. The zero-order valence-electron chi connectivity index (χ0n) is 11.6. The zero-order valence-corrected chi connectivity index (χ0v) is 13.1. The summed E-state index contributed by atoms with van der Waals surface area (Å²) in [5.41, 5.74) is 9.08. The van der Waals surface area contributed by atoms with Crippen LogP contribution < -0.4 is 5.73 Å². The van der Waals surface area contributed by atoms with Crippen LogP contribution in [0.1, 0.15) is 21.5 Å². The zero-order chi connectivity index (χ0) is 14.7. The maximum Gasteiger partial charge on any atom is 0.254 e. The van der Waals surface area contributed by atoms with Crippen molar-refractivity contribution in [2.24, 2.45) is 0 Å². The van der Waals surface area contributed by atoms with E-state index in [4.69, 9.17) is 5.73 Å². The van der Waals surface area contributed by atoms with Gasteiger partial charge in [-0.1, -0.05) is 28.1 Å². The van der Waals surface area contributed by atoms with Crippen LogP contribution in [0.25, 0.3) is 0 Å². The normalized spacial score (nSPS) is 10.3. The van der Waals surface area contributed by atoms with Gasteiger partial charge >= 0.3 is 0 Å². The van der Waals surface area contributed by atoms with Gasteiger partial charge in [-0.15, -0.1) is 0 Å². The highest BCUT2D eigenvalue weighted by atomic mass is 79.9. The summed E-state index contributed by atoms with van der Waals surface area (Å²) in [6.07, 6.45) is 0. The molecule has 20 heavy (non-hydrogen) atoms. The quantitative estimate of drug-likeness (QED) is 0.872. The van der Waals surface area contributed by atoms with E-state index in [0.717, 1.165) is 15.6 Å². The molecule has 0 fully saturated rings. The second kappa shape index (κ2) is 6.09. The monoisotopic (exact) mass is 332 g/mol. The maximum absolute atomic E-state index is 12.4. The minimum atomic E-state index is 0.00502. The Bertz CT molecular complexity index is 623. The molecule has 0 atom stereocenters. The molecule has 4 heteroatoms. The number of nitrogens with two attached hydrogens (primary N) is 1. The summed E-state index contributed by atoms with van der Waals surface area (Å²) >= 11 is 3.40. The van der Waals surface area contributed by atoms with E-state index in [9.17, 15) is 4.79 Å². The number of anilines is 1. The van der Waals surface area contributed by atoms with Crippen molar-refractivity contribution in [2.45, 2.75) is 13.5 Å². The Hall–Kier alpha value is -1.81. The Kier molecular flexibility index (Phi) is 4.45. The first-order valence-corrected chi connectivity index (χ1v) is 7.12. The van der Waals surface area contributed by atoms with E-state index in [2.05, 4.69) is 15.9 Å². The van der Waals surface area contributed by atoms with Crippen molar-refractivity contribution in [3.05, 3.63) is 63.6 Å². The molecule has 104 valence electrons. The van der Waals surface area contributed by atoms with Crippen molar-refractivity contribution in [1.82, 2.24) is 4.90 Å². The number of amides is 1. The van der Waals surface area contributed by atoms with Gasteiger partial charge in [-0.3, -0.25) is 4.79 Å². The summed E-state index contributed by atoms with van der Waals surface area (Å²) in [7, 11) is 1.81. The van der Waals surface area contributed by atoms with Crippen molar-refractivity contribution in [3.8, 4) is 0 Å². The summed E-state index contributed by atoms with van der Waals surface area (Å²) in [6, 6.07) is 13.3. The molecule has 1 amide bonds. The number of carbonyl (C=O) groups is 1. The molecule has 0 aliphatic rings. The van der Waals surface area contributed by atoms with Crippen LogP contribution >= 0.6 is 15.9 Å². The van der Waals surface area contributed by atoms with Crippen molar-refractivity contribution in [3.63, 3.8) is 0 Å². The predicted molar refractivity (Wildman–Crippen MR) is 85.5 cm³/mol. The van der Waals surface area contributed by atoms with Crippen molar-refractivity contribution < 1.29 is 4.79 Å². The molecule has 3 nitrogen and oxygen atoms in total. The number of nitrogens with zero attached hydrogens (tertiary/aromatic N) is 1. The van der Waals surface area contributed by atoms with E-state index >= 15 is 0 Å². The van der Waals surface area contributed by atoms with E-state index in [-0.39, 0.29) is 5.91 Å². The van der Waals surface area contributed by atoms with Gasteiger partial charge in [-0.2, -0.15) is 0 Å². The third-order valence-electron chi connectivity index (χ3n) is 3.16. The lowest BCUT2D eigenvalue weighted by molar-refractivity contribution is 0.0784. The van der Waals surface area contributed by atoms with Gasteiger partial charge in [-0.25, -0.2) is 0 Å². The van der Waals surface area contributed by atoms with Gasteiger partial charge in [0.05, 0.1) is 0 Å². The third-order valence-corrected chi connectivity index (χ3v) is 3.69.